The Morgan fingerprint density at radius 2 is 2.14 bits per heavy atom. The predicted molar refractivity (Wildman–Crippen MR) is 91.6 cm³/mol. The van der Waals surface area contributed by atoms with E-state index in [1.54, 1.807) is 23.4 Å². The molecular weight excluding hydrogens is 380 g/mol. The number of ether oxygens (including phenoxy) is 1. The minimum atomic E-state index is -4.27. The van der Waals surface area contributed by atoms with Gasteiger partial charge in [-0.3, -0.25) is 9.78 Å². The third kappa shape index (κ3) is 4.56. The molecule has 10 heteroatoms. The maximum Gasteiger partial charge on any atom is 0.340 e. The van der Waals surface area contributed by atoms with E-state index >= 15 is 0 Å². The van der Waals surface area contributed by atoms with Crippen LogP contribution in [0.15, 0.2) is 42.9 Å². The number of halogens is 4. The van der Waals surface area contributed by atoms with Crippen molar-refractivity contribution in [3.63, 3.8) is 0 Å². The first kappa shape index (κ1) is 20.0. The zero-order chi connectivity index (χ0) is 20.1. The number of hydrogen-bond acceptors (Lipinski definition) is 5. The van der Waals surface area contributed by atoms with Crippen molar-refractivity contribution in [3.8, 4) is 5.88 Å². The fourth-order valence-corrected chi connectivity index (χ4v) is 2.81. The fraction of sp³-hybridized carbons (Fsp3) is 0.389. The first-order valence-corrected chi connectivity index (χ1v) is 8.55. The number of aromatic nitrogens is 2. The molecule has 2 aromatic heterocycles. The minimum Gasteiger partial charge on any atom is -0.471 e. The van der Waals surface area contributed by atoms with Gasteiger partial charge in [0.2, 0.25) is 5.88 Å². The number of hydrogen-bond donors (Lipinski definition) is 1. The molecule has 1 amide bonds. The second-order valence-electron chi connectivity index (χ2n) is 6.24. The Hall–Kier alpha value is -2.75. The van der Waals surface area contributed by atoms with Crippen LogP contribution in [0.3, 0.4) is 0 Å². The lowest BCUT2D eigenvalue weighted by Gasteiger charge is -2.36. The highest BCUT2D eigenvalue weighted by Gasteiger charge is 2.41. The summed E-state index contributed by atoms with van der Waals surface area (Å²) in [5, 5.41) is 3.23. The van der Waals surface area contributed by atoms with Crippen molar-refractivity contribution in [1.82, 2.24) is 20.2 Å². The van der Waals surface area contributed by atoms with Crippen molar-refractivity contribution < 1.29 is 27.1 Å². The molecule has 1 N–H and O–H groups in total. The number of piperazine rings is 1. The lowest BCUT2D eigenvalue weighted by Crippen LogP contribution is -2.48. The molecule has 1 atom stereocenters. The maximum atomic E-state index is 12.9. The summed E-state index contributed by atoms with van der Waals surface area (Å²) in [6.45, 7) is 0.164. The molecule has 1 unspecified atom stereocenters. The lowest BCUT2D eigenvalue weighted by atomic mass is 10.0. The van der Waals surface area contributed by atoms with Crippen LogP contribution in [-0.4, -0.2) is 59.4 Å². The molecule has 0 saturated carbocycles. The van der Waals surface area contributed by atoms with Gasteiger partial charge < -0.3 is 15.0 Å². The first-order valence-electron chi connectivity index (χ1n) is 8.55. The van der Waals surface area contributed by atoms with Crippen LogP contribution in [0.2, 0.25) is 0 Å². The minimum absolute atomic E-state index is 0.212. The Morgan fingerprint density at radius 1 is 1.32 bits per heavy atom. The Balaban J connectivity index is 1.69. The SMILES string of the molecule is O=C(c1ccc(OCC(F)(F)C(F)F)nc1)N1CCNCC1c1cccnc1. The van der Waals surface area contributed by atoms with Gasteiger partial charge in [-0.05, 0) is 17.7 Å². The predicted octanol–water partition coefficient (Wildman–Crippen LogP) is 2.54. The van der Waals surface area contributed by atoms with E-state index in [1.807, 2.05) is 6.07 Å². The van der Waals surface area contributed by atoms with Crippen LogP contribution in [0, 0.1) is 0 Å². The average molecular weight is 398 g/mol. The molecule has 0 radical (unpaired) electrons. The molecule has 150 valence electrons. The summed E-state index contributed by atoms with van der Waals surface area (Å²) in [5.74, 6) is -4.82. The van der Waals surface area contributed by atoms with Crippen LogP contribution in [-0.2, 0) is 0 Å². The van der Waals surface area contributed by atoms with Gasteiger partial charge in [0.1, 0.15) is 0 Å². The molecular formula is C18H18F4N4O2. The summed E-state index contributed by atoms with van der Waals surface area (Å²) in [7, 11) is 0. The molecule has 0 aromatic carbocycles. The highest BCUT2D eigenvalue weighted by Crippen LogP contribution is 2.25. The highest BCUT2D eigenvalue weighted by atomic mass is 19.3. The Bertz CT molecular complexity index is 790. The number of carbonyl (C=O) groups excluding carboxylic acids is 1. The number of pyridine rings is 2. The van der Waals surface area contributed by atoms with Crippen molar-refractivity contribution in [3.05, 3.63) is 54.0 Å². The first-order chi connectivity index (χ1) is 13.4. The zero-order valence-corrected chi connectivity index (χ0v) is 14.7. The van der Waals surface area contributed by atoms with E-state index in [9.17, 15) is 22.4 Å². The number of nitrogens with one attached hydrogen (secondary N) is 1. The number of rotatable bonds is 6. The molecule has 0 bridgehead atoms. The number of nitrogens with zero attached hydrogens (tertiary/aromatic N) is 3. The Kier molecular flexibility index (Phi) is 6.08. The van der Waals surface area contributed by atoms with Crippen molar-refractivity contribution >= 4 is 5.91 Å². The van der Waals surface area contributed by atoms with Crippen LogP contribution in [0.25, 0.3) is 0 Å². The smallest absolute Gasteiger partial charge is 0.340 e. The molecule has 3 rings (SSSR count). The van der Waals surface area contributed by atoms with Gasteiger partial charge >= 0.3 is 12.3 Å². The van der Waals surface area contributed by atoms with Crippen molar-refractivity contribution in [1.29, 1.82) is 0 Å². The molecule has 6 nitrogen and oxygen atoms in total. The van der Waals surface area contributed by atoms with Gasteiger partial charge in [0.25, 0.3) is 5.91 Å². The largest absolute Gasteiger partial charge is 0.471 e. The van der Waals surface area contributed by atoms with Gasteiger partial charge in [0.05, 0.1) is 11.6 Å². The van der Waals surface area contributed by atoms with Crippen LogP contribution >= 0.6 is 0 Å². The topological polar surface area (TPSA) is 67.3 Å². The summed E-state index contributed by atoms with van der Waals surface area (Å²) in [6.07, 6.45) is 0.689. The van der Waals surface area contributed by atoms with E-state index < -0.39 is 19.0 Å². The number of alkyl halides is 4. The average Bonchev–Trinajstić information content (AvgIpc) is 2.73. The molecule has 1 aliphatic heterocycles. The third-order valence-corrected chi connectivity index (χ3v) is 4.29. The summed E-state index contributed by atoms with van der Waals surface area (Å²) in [4.78, 5) is 22.4. The molecule has 28 heavy (non-hydrogen) atoms. The monoisotopic (exact) mass is 398 g/mol. The van der Waals surface area contributed by atoms with Crippen LogP contribution in [0.1, 0.15) is 22.0 Å². The number of carbonyl (C=O) groups is 1. The summed E-state index contributed by atoms with van der Waals surface area (Å²) < 4.78 is 54.8. The summed E-state index contributed by atoms with van der Waals surface area (Å²) in [6, 6.07) is 6.03. The van der Waals surface area contributed by atoms with Gasteiger partial charge in [-0.2, -0.15) is 8.78 Å². The molecule has 3 heterocycles. The van der Waals surface area contributed by atoms with Gasteiger partial charge in [-0.25, -0.2) is 13.8 Å². The van der Waals surface area contributed by atoms with E-state index in [1.165, 1.54) is 18.3 Å². The van der Waals surface area contributed by atoms with E-state index in [0.29, 0.717) is 19.6 Å². The van der Waals surface area contributed by atoms with E-state index in [-0.39, 0.29) is 23.4 Å². The van der Waals surface area contributed by atoms with Gasteiger partial charge in [0.15, 0.2) is 6.61 Å². The standard InChI is InChI=1S/C18H18F4N4O2/c19-17(20)18(21,22)11-28-15-4-3-13(9-25-15)16(27)26-7-6-24-10-14(26)12-2-1-5-23-8-12/h1-5,8-9,14,17,24H,6-7,10-11H2. The molecule has 1 aliphatic rings. The quantitative estimate of drug-likeness (QED) is 0.758. The lowest BCUT2D eigenvalue weighted by molar-refractivity contribution is -0.148. The fourth-order valence-electron chi connectivity index (χ4n) is 2.81. The Morgan fingerprint density at radius 3 is 2.79 bits per heavy atom. The zero-order valence-electron chi connectivity index (χ0n) is 14.7. The van der Waals surface area contributed by atoms with Crippen molar-refractivity contribution in [2.45, 2.75) is 18.4 Å². The molecule has 0 spiro atoms. The maximum absolute atomic E-state index is 12.9. The van der Waals surface area contributed by atoms with Crippen molar-refractivity contribution in [2.75, 3.05) is 26.2 Å². The van der Waals surface area contributed by atoms with Gasteiger partial charge in [-0.1, -0.05) is 6.07 Å². The third-order valence-electron chi connectivity index (χ3n) is 4.29. The second kappa shape index (κ2) is 8.51. The highest BCUT2D eigenvalue weighted by molar-refractivity contribution is 5.94. The molecule has 1 fully saturated rings. The van der Waals surface area contributed by atoms with E-state index in [0.717, 1.165) is 5.56 Å². The summed E-state index contributed by atoms with van der Waals surface area (Å²) in [5.41, 5.74) is 1.12. The van der Waals surface area contributed by atoms with E-state index in [2.05, 4.69) is 20.0 Å². The van der Waals surface area contributed by atoms with E-state index in [4.69, 9.17) is 0 Å². The van der Waals surface area contributed by atoms with Crippen LogP contribution in [0.5, 0.6) is 5.88 Å². The van der Waals surface area contributed by atoms with Crippen LogP contribution < -0.4 is 10.1 Å². The van der Waals surface area contributed by atoms with Crippen LogP contribution in [0.4, 0.5) is 17.6 Å². The Labute approximate surface area is 158 Å². The van der Waals surface area contributed by atoms with Gasteiger partial charge in [-0.15, -0.1) is 0 Å². The molecule has 1 saturated heterocycles. The number of amides is 1. The molecule has 2 aromatic rings. The van der Waals surface area contributed by atoms with Crippen molar-refractivity contribution in [2.24, 2.45) is 0 Å². The van der Waals surface area contributed by atoms with Gasteiger partial charge in [0, 0.05) is 44.3 Å². The normalized spacial score (nSPS) is 17.6. The summed E-state index contributed by atoms with van der Waals surface area (Å²) >= 11 is 0. The molecule has 0 aliphatic carbocycles. The second-order valence-corrected chi connectivity index (χ2v) is 6.24.